The largest absolute Gasteiger partial charge is 0.376 e. The Morgan fingerprint density at radius 1 is 1.10 bits per heavy atom. The van der Waals surface area contributed by atoms with Crippen LogP contribution in [0.1, 0.15) is 24.8 Å². The Bertz CT molecular complexity index is 897. The van der Waals surface area contributed by atoms with Gasteiger partial charge in [-0.15, -0.1) is 0 Å². The van der Waals surface area contributed by atoms with Crippen LogP contribution in [-0.2, 0) is 20.7 Å². The summed E-state index contributed by atoms with van der Waals surface area (Å²) in [6.07, 6.45) is 4.44. The molecule has 2 atom stereocenters. The van der Waals surface area contributed by atoms with Crippen molar-refractivity contribution in [3.8, 4) is 0 Å². The van der Waals surface area contributed by atoms with E-state index in [1.54, 1.807) is 0 Å². The Morgan fingerprint density at radius 3 is 2.66 bits per heavy atom. The minimum absolute atomic E-state index is 0.0363. The van der Waals surface area contributed by atoms with Crippen molar-refractivity contribution in [1.29, 1.82) is 0 Å². The number of amides is 2. The Hall–Kier alpha value is -2.66. The Kier molecular flexibility index (Phi) is 5.95. The summed E-state index contributed by atoms with van der Waals surface area (Å²) in [7, 11) is 0. The smallest absolute Gasteiger partial charge is 0.243 e. The standard InChI is InChI=1S/C24H28N2O3/c1-2-22(27)25-21-12-15-29-24(21)18-10-13-26(14-11-18)23(28)16-19-8-5-7-17-6-3-4-9-20(17)19/h2-9,18,21,24H,1,10-16H2,(H,25,27)/t21-,24+/m1/s1. The van der Waals surface area contributed by atoms with Gasteiger partial charge in [0.1, 0.15) is 0 Å². The molecule has 1 N–H and O–H groups in total. The Morgan fingerprint density at radius 2 is 1.86 bits per heavy atom. The van der Waals surface area contributed by atoms with Crippen molar-refractivity contribution >= 4 is 22.6 Å². The number of piperidine rings is 1. The zero-order valence-corrected chi connectivity index (χ0v) is 16.7. The first kappa shape index (κ1) is 19.6. The highest BCUT2D eigenvalue weighted by Gasteiger charge is 2.37. The van der Waals surface area contributed by atoms with Gasteiger partial charge in [0.2, 0.25) is 11.8 Å². The second kappa shape index (κ2) is 8.78. The maximum absolute atomic E-state index is 12.9. The summed E-state index contributed by atoms with van der Waals surface area (Å²) in [5, 5.41) is 5.32. The monoisotopic (exact) mass is 392 g/mol. The number of rotatable bonds is 5. The predicted octanol–water partition coefficient (Wildman–Crippen LogP) is 3.08. The van der Waals surface area contributed by atoms with Crippen molar-refractivity contribution in [2.45, 2.75) is 37.8 Å². The van der Waals surface area contributed by atoms with Gasteiger partial charge in [0.05, 0.1) is 18.6 Å². The van der Waals surface area contributed by atoms with Gasteiger partial charge in [-0.3, -0.25) is 9.59 Å². The number of fused-ring (bicyclic) bond motifs is 1. The molecule has 0 unspecified atom stereocenters. The number of likely N-dealkylation sites (tertiary alicyclic amines) is 1. The van der Waals surface area contributed by atoms with Crippen LogP contribution in [0, 0.1) is 5.92 Å². The summed E-state index contributed by atoms with van der Waals surface area (Å²) >= 11 is 0. The summed E-state index contributed by atoms with van der Waals surface area (Å²) in [6, 6.07) is 14.4. The lowest BCUT2D eigenvalue weighted by Gasteiger charge is -2.36. The third-order valence-electron chi connectivity index (χ3n) is 6.23. The van der Waals surface area contributed by atoms with Gasteiger partial charge in [-0.25, -0.2) is 0 Å². The zero-order valence-electron chi connectivity index (χ0n) is 16.7. The van der Waals surface area contributed by atoms with Crippen LogP contribution >= 0.6 is 0 Å². The van der Waals surface area contributed by atoms with E-state index in [0.29, 0.717) is 18.9 Å². The molecule has 0 bridgehead atoms. The van der Waals surface area contributed by atoms with E-state index >= 15 is 0 Å². The molecule has 2 heterocycles. The molecule has 2 amide bonds. The summed E-state index contributed by atoms with van der Waals surface area (Å²) in [5.41, 5.74) is 1.08. The van der Waals surface area contributed by atoms with E-state index in [1.165, 1.54) is 11.5 Å². The first-order chi connectivity index (χ1) is 14.2. The van der Waals surface area contributed by atoms with Crippen LogP contribution in [0.3, 0.4) is 0 Å². The van der Waals surface area contributed by atoms with Crippen molar-refractivity contribution in [2.75, 3.05) is 19.7 Å². The topological polar surface area (TPSA) is 58.6 Å². The highest BCUT2D eigenvalue weighted by atomic mass is 16.5. The average molecular weight is 392 g/mol. The van der Waals surface area contributed by atoms with E-state index in [9.17, 15) is 9.59 Å². The quantitative estimate of drug-likeness (QED) is 0.796. The summed E-state index contributed by atoms with van der Waals surface area (Å²) in [4.78, 5) is 26.6. The first-order valence-corrected chi connectivity index (χ1v) is 10.4. The molecule has 152 valence electrons. The maximum Gasteiger partial charge on any atom is 0.243 e. The minimum atomic E-state index is -0.145. The third-order valence-corrected chi connectivity index (χ3v) is 6.23. The molecule has 0 aromatic heterocycles. The van der Waals surface area contributed by atoms with Crippen LogP contribution in [0.5, 0.6) is 0 Å². The molecular weight excluding hydrogens is 364 g/mol. The number of benzene rings is 2. The number of carbonyl (C=O) groups is 2. The zero-order chi connectivity index (χ0) is 20.2. The van der Waals surface area contributed by atoms with Crippen LogP contribution in [0.4, 0.5) is 0 Å². The summed E-state index contributed by atoms with van der Waals surface area (Å²) in [6.45, 7) is 5.69. The van der Waals surface area contributed by atoms with Gasteiger partial charge in [0.25, 0.3) is 0 Å². The predicted molar refractivity (Wildman–Crippen MR) is 113 cm³/mol. The summed E-state index contributed by atoms with van der Waals surface area (Å²) < 4.78 is 5.94. The fourth-order valence-electron chi connectivity index (χ4n) is 4.67. The fraction of sp³-hybridized carbons (Fsp3) is 0.417. The Labute approximate surface area is 171 Å². The van der Waals surface area contributed by atoms with Crippen LogP contribution in [0.2, 0.25) is 0 Å². The lowest BCUT2D eigenvalue weighted by molar-refractivity contribution is -0.132. The van der Waals surface area contributed by atoms with Crippen LogP contribution in [0.25, 0.3) is 10.8 Å². The molecule has 0 spiro atoms. The molecule has 2 fully saturated rings. The van der Waals surface area contributed by atoms with Gasteiger partial charge in [-0.2, -0.15) is 0 Å². The molecular formula is C24H28N2O3. The SMILES string of the molecule is C=CC(=O)N[C@@H]1CCO[C@H]1C1CCN(C(=O)Cc2cccc3ccccc23)CC1. The number of hydrogen-bond donors (Lipinski definition) is 1. The third kappa shape index (κ3) is 4.35. The van der Waals surface area contributed by atoms with Gasteiger partial charge in [0.15, 0.2) is 0 Å². The van der Waals surface area contributed by atoms with E-state index in [0.717, 1.165) is 43.3 Å². The van der Waals surface area contributed by atoms with Gasteiger partial charge in [-0.1, -0.05) is 49.0 Å². The lowest BCUT2D eigenvalue weighted by atomic mass is 9.87. The van der Waals surface area contributed by atoms with Gasteiger partial charge >= 0.3 is 0 Å². The van der Waals surface area contributed by atoms with Crippen molar-refractivity contribution in [1.82, 2.24) is 10.2 Å². The van der Waals surface area contributed by atoms with Crippen molar-refractivity contribution < 1.29 is 14.3 Å². The number of hydrogen-bond acceptors (Lipinski definition) is 3. The van der Waals surface area contributed by atoms with E-state index in [2.05, 4.69) is 30.1 Å². The molecule has 2 saturated heterocycles. The normalized spacial score (nSPS) is 22.6. The average Bonchev–Trinajstić information content (AvgIpc) is 3.22. The molecule has 2 aliphatic heterocycles. The van der Waals surface area contributed by atoms with Crippen molar-refractivity contribution in [3.63, 3.8) is 0 Å². The maximum atomic E-state index is 12.9. The number of nitrogens with zero attached hydrogens (tertiary/aromatic N) is 1. The molecule has 2 aromatic rings. The fourth-order valence-corrected chi connectivity index (χ4v) is 4.67. The van der Waals surface area contributed by atoms with Gasteiger partial charge in [-0.05, 0) is 47.6 Å². The number of carbonyl (C=O) groups excluding carboxylic acids is 2. The molecule has 5 heteroatoms. The highest BCUT2D eigenvalue weighted by molar-refractivity contribution is 5.90. The molecule has 2 aliphatic rings. The molecule has 0 saturated carbocycles. The van der Waals surface area contributed by atoms with E-state index in [-0.39, 0.29) is 24.0 Å². The Balaban J connectivity index is 1.35. The first-order valence-electron chi connectivity index (χ1n) is 10.4. The summed E-state index contributed by atoms with van der Waals surface area (Å²) in [5.74, 6) is 0.408. The molecule has 5 nitrogen and oxygen atoms in total. The second-order valence-electron chi connectivity index (χ2n) is 7.98. The van der Waals surface area contributed by atoms with Gasteiger partial charge in [0, 0.05) is 19.7 Å². The molecule has 2 aromatic carbocycles. The highest BCUT2D eigenvalue weighted by Crippen LogP contribution is 2.30. The van der Waals surface area contributed by atoms with E-state index in [4.69, 9.17) is 4.74 Å². The molecule has 0 radical (unpaired) electrons. The number of ether oxygens (including phenoxy) is 1. The lowest BCUT2D eigenvalue weighted by Crippen LogP contribution is -2.47. The molecule has 0 aliphatic carbocycles. The van der Waals surface area contributed by atoms with E-state index < -0.39 is 0 Å². The minimum Gasteiger partial charge on any atom is -0.376 e. The second-order valence-corrected chi connectivity index (χ2v) is 7.98. The molecule has 4 rings (SSSR count). The van der Waals surface area contributed by atoms with Gasteiger partial charge < -0.3 is 15.0 Å². The van der Waals surface area contributed by atoms with Crippen molar-refractivity contribution in [3.05, 3.63) is 60.7 Å². The van der Waals surface area contributed by atoms with Crippen molar-refractivity contribution in [2.24, 2.45) is 5.92 Å². The molecule has 29 heavy (non-hydrogen) atoms. The van der Waals surface area contributed by atoms with Crippen LogP contribution < -0.4 is 5.32 Å². The number of nitrogens with one attached hydrogen (secondary N) is 1. The van der Waals surface area contributed by atoms with Crippen LogP contribution in [0.15, 0.2) is 55.1 Å². The van der Waals surface area contributed by atoms with E-state index in [1.807, 2.05) is 29.2 Å². The van der Waals surface area contributed by atoms with Crippen LogP contribution in [-0.4, -0.2) is 48.6 Å².